The van der Waals surface area contributed by atoms with Gasteiger partial charge in [-0.15, -0.1) is 0 Å². The predicted molar refractivity (Wildman–Crippen MR) is 99.9 cm³/mol. The fraction of sp³-hybridized carbons (Fsp3) is 0.0588. The molecule has 0 aliphatic carbocycles. The van der Waals surface area contributed by atoms with E-state index in [1.165, 1.54) is 12.1 Å². The van der Waals surface area contributed by atoms with Gasteiger partial charge in [0.25, 0.3) is 0 Å². The number of nitriles is 1. The van der Waals surface area contributed by atoms with E-state index in [2.05, 4.69) is 15.9 Å². The van der Waals surface area contributed by atoms with E-state index in [-0.39, 0.29) is 11.1 Å². The molecule has 2 rings (SSSR count). The summed E-state index contributed by atoms with van der Waals surface area (Å²) >= 11 is 5.33. The number of nitrogens with zero attached hydrogens (tertiary/aromatic N) is 1. The fourth-order valence-corrected chi connectivity index (χ4v) is 3.72. The molecule has 7 heteroatoms. The zero-order chi connectivity index (χ0) is 17.7. The molecule has 0 spiro atoms. The number of ether oxygens (including phenoxy) is 1. The van der Waals surface area contributed by atoms with Gasteiger partial charge in [0.1, 0.15) is 11.6 Å². The molecule has 0 heterocycles. The second-order valence-electron chi connectivity index (χ2n) is 4.65. The third kappa shape index (κ3) is 4.55. The van der Waals surface area contributed by atoms with E-state index in [0.717, 1.165) is 0 Å². The number of benzene rings is 2. The van der Waals surface area contributed by atoms with E-state index in [9.17, 15) is 14.4 Å². The molecule has 24 heavy (non-hydrogen) atoms. The molecule has 2 aromatic carbocycles. The Bertz CT molecular complexity index is 838. The lowest BCUT2D eigenvalue weighted by Crippen LogP contribution is -2.10. The Hall–Kier alpha value is -1.92. The number of carbonyl (C=O) groups is 1. The molecule has 0 aliphatic rings. The molecule has 122 valence electrons. The second kappa shape index (κ2) is 8.26. The van der Waals surface area contributed by atoms with E-state index >= 15 is 0 Å². The summed E-state index contributed by atoms with van der Waals surface area (Å²) in [6.07, 6.45) is 1.56. The zero-order valence-electron chi connectivity index (χ0n) is 12.1. The van der Waals surface area contributed by atoms with E-state index in [4.69, 9.17) is 9.84 Å². The van der Waals surface area contributed by atoms with Gasteiger partial charge in [-0.1, -0.05) is 18.2 Å². The van der Waals surface area contributed by atoms with Crippen LogP contribution in [0.15, 0.2) is 40.9 Å². The Morgan fingerprint density at radius 2 is 2.12 bits per heavy atom. The quantitative estimate of drug-likeness (QED) is 0.365. The molecule has 0 bridgehead atoms. The molecule has 0 aromatic heterocycles. The molecule has 0 radical (unpaired) electrons. The first-order chi connectivity index (χ1) is 11.4. The average molecular weight is 502 g/mol. The van der Waals surface area contributed by atoms with Gasteiger partial charge in [-0.2, -0.15) is 5.26 Å². The van der Waals surface area contributed by atoms with Crippen molar-refractivity contribution in [3.05, 3.63) is 61.4 Å². The molecule has 0 saturated heterocycles. The van der Waals surface area contributed by atoms with Crippen LogP contribution in [0, 0.1) is 20.7 Å². The monoisotopic (exact) mass is 501 g/mol. The maximum atomic E-state index is 13.8. The zero-order valence-corrected chi connectivity index (χ0v) is 15.8. The number of aliphatic carboxylic acids is 1. The molecule has 0 saturated carbocycles. The summed E-state index contributed by atoms with van der Waals surface area (Å²) in [5, 5.41) is 18.0. The molecule has 0 amide bonds. The molecular weight excluding hydrogens is 492 g/mol. The van der Waals surface area contributed by atoms with Gasteiger partial charge >= 0.3 is 5.97 Å². The summed E-state index contributed by atoms with van der Waals surface area (Å²) < 4.78 is 20.3. The highest BCUT2D eigenvalue weighted by molar-refractivity contribution is 14.1. The number of rotatable bonds is 5. The Labute approximate surface area is 159 Å². The summed E-state index contributed by atoms with van der Waals surface area (Å²) in [4.78, 5) is 10.6. The molecule has 1 N–H and O–H groups in total. The van der Waals surface area contributed by atoms with Crippen LogP contribution in [-0.2, 0) is 4.79 Å². The highest BCUT2D eigenvalue weighted by atomic mass is 127. The summed E-state index contributed by atoms with van der Waals surface area (Å²) in [5.41, 5.74) is 1.07. The van der Waals surface area contributed by atoms with Crippen molar-refractivity contribution < 1.29 is 19.0 Å². The highest BCUT2D eigenvalue weighted by Crippen LogP contribution is 2.33. The minimum absolute atomic E-state index is 0.190. The Kier molecular flexibility index (Phi) is 6.34. The second-order valence-corrected chi connectivity index (χ2v) is 6.66. The van der Waals surface area contributed by atoms with Gasteiger partial charge in [-0.3, -0.25) is 0 Å². The first-order valence-electron chi connectivity index (χ1n) is 6.62. The number of hydrogen-bond donors (Lipinski definition) is 1. The molecule has 0 aliphatic heterocycles. The van der Waals surface area contributed by atoms with E-state index in [0.29, 0.717) is 19.4 Å². The molecule has 0 atom stereocenters. The van der Waals surface area contributed by atoms with Crippen LogP contribution in [0.1, 0.15) is 11.1 Å². The van der Waals surface area contributed by atoms with Gasteiger partial charge in [-0.25, -0.2) is 9.18 Å². The van der Waals surface area contributed by atoms with Crippen molar-refractivity contribution in [2.24, 2.45) is 0 Å². The van der Waals surface area contributed by atoms with E-state index in [1.807, 2.05) is 28.7 Å². The summed E-state index contributed by atoms with van der Waals surface area (Å²) in [7, 11) is 0. The molecule has 0 fully saturated rings. The topological polar surface area (TPSA) is 70.3 Å². The van der Waals surface area contributed by atoms with Crippen molar-refractivity contribution in [3.63, 3.8) is 0 Å². The van der Waals surface area contributed by atoms with Crippen LogP contribution in [0.5, 0.6) is 5.75 Å². The van der Waals surface area contributed by atoms with E-state index < -0.39 is 18.4 Å². The van der Waals surface area contributed by atoms with Crippen LogP contribution in [-0.4, -0.2) is 17.7 Å². The number of allylic oxidation sites excluding steroid dienone is 1. The van der Waals surface area contributed by atoms with Gasteiger partial charge in [0.2, 0.25) is 0 Å². The van der Waals surface area contributed by atoms with Crippen LogP contribution in [0.25, 0.3) is 11.6 Å². The van der Waals surface area contributed by atoms with Crippen molar-refractivity contribution >= 4 is 56.1 Å². The van der Waals surface area contributed by atoms with Crippen molar-refractivity contribution in [2.45, 2.75) is 0 Å². The van der Waals surface area contributed by atoms with Gasteiger partial charge in [0.05, 0.1) is 19.7 Å². The van der Waals surface area contributed by atoms with Gasteiger partial charge in [-0.05, 0) is 68.4 Å². The van der Waals surface area contributed by atoms with Crippen molar-refractivity contribution in [1.82, 2.24) is 0 Å². The Morgan fingerprint density at radius 3 is 2.71 bits per heavy atom. The third-order valence-corrected chi connectivity index (χ3v) is 4.35. The lowest BCUT2D eigenvalue weighted by Gasteiger charge is -2.10. The molecular formula is C17H10BrFINO3. The SMILES string of the molecule is N#C/C(=C/c1cc(Br)c(OCC(=O)O)c(I)c1)c1ccccc1F. The number of halogens is 3. The summed E-state index contributed by atoms with van der Waals surface area (Å²) in [6, 6.07) is 11.4. The smallest absolute Gasteiger partial charge is 0.341 e. The Balaban J connectivity index is 2.40. The van der Waals surface area contributed by atoms with Crippen LogP contribution in [0.4, 0.5) is 4.39 Å². The maximum absolute atomic E-state index is 13.8. The summed E-state index contributed by atoms with van der Waals surface area (Å²) in [5.74, 6) is -1.15. The predicted octanol–water partition coefficient (Wildman–Crippen LogP) is 4.72. The van der Waals surface area contributed by atoms with Crippen LogP contribution in [0.2, 0.25) is 0 Å². The lowest BCUT2D eigenvalue weighted by molar-refractivity contribution is -0.139. The largest absolute Gasteiger partial charge is 0.480 e. The standard InChI is InChI=1S/C17H10BrFINO3/c18-13-6-10(7-15(20)17(13)24-9-16(22)23)5-11(8-21)12-3-1-2-4-14(12)19/h1-7H,9H2,(H,22,23)/b11-5-. The van der Waals surface area contributed by atoms with Gasteiger partial charge in [0, 0.05) is 5.56 Å². The maximum Gasteiger partial charge on any atom is 0.341 e. The number of carboxylic acid groups (broad SMARTS) is 1. The number of hydrogen-bond acceptors (Lipinski definition) is 3. The van der Waals surface area contributed by atoms with Crippen LogP contribution >= 0.6 is 38.5 Å². The lowest BCUT2D eigenvalue weighted by atomic mass is 10.0. The first-order valence-corrected chi connectivity index (χ1v) is 8.50. The van der Waals surface area contributed by atoms with Gasteiger partial charge < -0.3 is 9.84 Å². The van der Waals surface area contributed by atoms with Crippen molar-refractivity contribution in [3.8, 4) is 11.8 Å². The first kappa shape index (κ1) is 18.4. The molecule has 0 unspecified atom stereocenters. The minimum Gasteiger partial charge on any atom is -0.480 e. The van der Waals surface area contributed by atoms with Gasteiger partial charge in [0.15, 0.2) is 6.61 Å². The number of carboxylic acids is 1. The van der Waals surface area contributed by atoms with Crippen molar-refractivity contribution in [1.29, 1.82) is 5.26 Å². The van der Waals surface area contributed by atoms with Crippen LogP contribution < -0.4 is 4.74 Å². The van der Waals surface area contributed by atoms with E-state index in [1.54, 1.807) is 30.3 Å². The van der Waals surface area contributed by atoms with Crippen LogP contribution in [0.3, 0.4) is 0 Å². The average Bonchev–Trinajstić information content (AvgIpc) is 2.52. The fourth-order valence-electron chi connectivity index (χ4n) is 1.95. The highest BCUT2D eigenvalue weighted by Gasteiger charge is 2.12. The Morgan fingerprint density at radius 1 is 1.42 bits per heavy atom. The third-order valence-electron chi connectivity index (χ3n) is 2.96. The summed E-state index contributed by atoms with van der Waals surface area (Å²) in [6.45, 7) is -0.456. The van der Waals surface area contributed by atoms with Crippen molar-refractivity contribution in [2.75, 3.05) is 6.61 Å². The normalized spacial score (nSPS) is 11.0. The minimum atomic E-state index is -1.08. The molecule has 2 aromatic rings. The molecule has 4 nitrogen and oxygen atoms in total.